The zero-order valence-electron chi connectivity index (χ0n) is 9.86. The summed E-state index contributed by atoms with van der Waals surface area (Å²) in [5.41, 5.74) is 0.738. The van der Waals surface area contributed by atoms with Crippen LogP contribution in [0, 0.1) is 0 Å². The number of carbonyl (C=O) groups excluding carboxylic acids is 1. The van der Waals surface area contributed by atoms with Crippen molar-refractivity contribution in [3.63, 3.8) is 0 Å². The van der Waals surface area contributed by atoms with Crippen molar-refractivity contribution in [2.24, 2.45) is 0 Å². The highest BCUT2D eigenvalue weighted by molar-refractivity contribution is 6.29. The molecule has 5 nitrogen and oxygen atoms in total. The average molecular weight is 268 g/mol. The molecule has 0 aromatic carbocycles. The summed E-state index contributed by atoms with van der Waals surface area (Å²) < 4.78 is 5.36. The Balaban J connectivity index is 1.94. The first kappa shape index (κ1) is 11.7. The molecule has 1 saturated heterocycles. The molecule has 3 heterocycles. The van der Waals surface area contributed by atoms with Gasteiger partial charge in [-0.3, -0.25) is 4.79 Å². The quantitative estimate of drug-likeness (QED) is 0.787. The molecular formula is C12H14ClN3O2. The molecule has 0 spiro atoms. The third kappa shape index (κ3) is 2.15. The van der Waals surface area contributed by atoms with Crippen LogP contribution in [0.4, 0.5) is 11.5 Å². The molecule has 18 heavy (non-hydrogen) atoms. The van der Waals surface area contributed by atoms with Gasteiger partial charge in [-0.05, 0) is 25.0 Å². The van der Waals surface area contributed by atoms with Gasteiger partial charge in [-0.1, -0.05) is 11.6 Å². The minimum atomic E-state index is -0.00175. The Morgan fingerprint density at radius 1 is 1.39 bits per heavy atom. The summed E-state index contributed by atoms with van der Waals surface area (Å²) in [6.07, 6.45) is 1.84. The molecule has 0 atom stereocenters. The van der Waals surface area contributed by atoms with E-state index in [9.17, 15) is 4.79 Å². The second kappa shape index (κ2) is 4.74. The van der Waals surface area contributed by atoms with Gasteiger partial charge in [0, 0.05) is 19.3 Å². The number of amides is 1. The van der Waals surface area contributed by atoms with Crippen LogP contribution in [0.15, 0.2) is 12.1 Å². The third-order valence-corrected chi connectivity index (χ3v) is 3.54. The first-order valence-corrected chi connectivity index (χ1v) is 6.42. The van der Waals surface area contributed by atoms with Gasteiger partial charge in [0.2, 0.25) is 5.91 Å². The van der Waals surface area contributed by atoms with E-state index >= 15 is 0 Å². The predicted molar refractivity (Wildman–Crippen MR) is 69.1 cm³/mol. The van der Waals surface area contributed by atoms with Crippen LogP contribution in [0.25, 0.3) is 0 Å². The van der Waals surface area contributed by atoms with Crippen LogP contribution in [0.3, 0.4) is 0 Å². The van der Waals surface area contributed by atoms with Crippen molar-refractivity contribution in [2.75, 3.05) is 30.0 Å². The normalized spacial score (nSPS) is 20.5. The minimum Gasteiger partial charge on any atom is -0.381 e. The number of halogens is 1. The second-order valence-electron chi connectivity index (χ2n) is 4.52. The lowest BCUT2D eigenvalue weighted by Gasteiger charge is -2.38. The van der Waals surface area contributed by atoms with Crippen molar-refractivity contribution < 1.29 is 9.53 Å². The molecule has 1 amide bonds. The second-order valence-corrected chi connectivity index (χ2v) is 4.91. The van der Waals surface area contributed by atoms with E-state index in [1.165, 1.54) is 0 Å². The zero-order chi connectivity index (χ0) is 12.5. The van der Waals surface area contributed by atoms with Gasteiger partial charge in [-0.15, -0.1) is 0 Å². The molecule has 1 N–H and O–H groups in total. The third-order valence-electron chi connectivity index (χ3n) is 3.33. The van der Waals surface area contributed by atoms with Crippen LogP contribution in [0.2, 0.25) is 5.15 Å². The Kier molecular flexibility index (Phi) is 3.09. The fourth-order valence-corrected chi connectivity index (χ4v) is 2.60. The molecule has 1 aromatic rings. The monoisotopic (exact) mass is 267 g/mol. The number of hydrogen-bond acceptors (Lipinski definition) is 4. The van der Waals surface area contributed by atoms with E-state index in [0.29, 0.717) is 17.7 Å². The number of aromatic nitrogens is 1. The summed E-state index contributed by atoms with van der Waals surface area (Å²) in [7, 11) is 0. The number of anilines is 2. The topological polar surface area (TPSA) is 54.5 Å². The van der Waals surface area contributed by atoms with Gasteiger partial charge in [-0.25, -0.2) is 4.98 Å². The van der Waals surface area contributed by atoms with Gasteiger partial charge in [0.25, 0.3) is 0 Å². The van der Waals surface area contributed by atoms with Crippen molar-refractivity contribution in [3.05, 3.63) is 17.3 Å². The molecule has 0 bridgehead atoms. The van der Waals surface area contributed by atoms with Crippen LogP contribution in [0.1, 0.15) is 12.8 Å². The number of ether oxygens (including phenoxy) is 1. The fourth-order valence-electron chi connectivity index (χ4n) is 2.46. The van der Waals surface area contributed by atoms with Gasteiger partial charge in [0.15, 0.2) is 5.82 Å². The first-order valence-electron chi connectivity index (χ1n) is 6.05. The highest BCUT2D eigenvalue weighted by Crippen LogP contribution is 2.32. The summed E-state index contributed by atoms with van der Waals surface area (Å²) >= 11 is 5.94. The molecule has 1 fully saturated rings. The molecule has 0 radical (unpaired) electrons. The molecule has 6 heteroatoms. The number of fused-ring (bicyclic) bond motifs is 1. The van der Waals surface area contributed by atoms with Crippen LogP contribution in [0.5, 0.6) is 0 Å². The fraction of sp³-hybridized carbons (Fsp3) is 0.500. The molecule has 0 unspecified atom stereocenters. The number of carbonyl (C=O) groups is 1. The lowest BCUT2D eigenvalue weighted by atomic mass is 10.1. The lowest BCUT2D eigenvalue weighted by Crippen LogP contribution is -2.47. The smallest absolute Gasteiger partial charge is 0.244 e. The largest absolute Gasteiger partial charge is 0.381 e. The van der Waals surface area contributed by atoms with Gasteiger partial charge < -0.3 is 15.0 Å². The number of nitrogens with zero attached hydrogens (tertiary/aromatic N) is 2. The Labute approximate surface area is 110 Å². The molecular weight excluding hydrogens is 254 g/mol. The summed E-state index contributed by atoms with van der Waals surface area (Å²) in [5.74, 6) is 0.770. The van der Waals surface area contributed by atoms with Crippen molar-refractivity contribution in [3.8, 4) is 0 Å². The Morgan fingerprint density at radius 3 is 2.94 bits per heavy atom. The SMILES string of the molecule is O=C1CN(C2CCOCC2)c2nc(Cl)ccc2N1. The maximum absolute atomic E-state index is 11.7. The first-order chi connectivity index (χ1) is 8.74. The van der Waals surface area contributed by atoms with E-state index in [4.69, 9.17) is 16.3 Å². The van der Waals surface area contributed by atoms with Crippen molar-refractivity contribution in [2.45, 2.75) is 18.9 Å². The number of nitrogens with one attached hydrogen (secondary N) is 1. The number of rotatable bonds is 1. The van der Waals surface area contributed by atoms with Gasteiger partial charge in [0.1, 0.15) is 5.15 Å². The minimum absolute atomic E-state index is 0.00175. The van der Waals surface area contributed by atoms with Gasteiger partial charge in [-0.2, -0.15) is 0 Å². The van der Waals surface area contributed by atoms with Gasteiger partial charge in [0.05, 0.1) is 12.2 Å². The van der Waals surface area contributed by atoms with E-state index in [1.54, 1.807) is 12.1 Å². The Morgan fingerprint density at radius 2 is 2.17 bits per heavy atom. The summed E-state index contributed by atoms with van der Waals surface area (Å²) in [4.78, 5) is 18.1. The predicted octanol–water partition coefficient (Wildman–Crippen LogP) is 1.67. The van der Waals surface area contributed by atoms with Crippen molar-refractivity contribution in [1.29, 1.82) is 0 Å². The molecule has 2 aliphatic heterocycles. The molecule has 3 rings (SSSR count). The van der Waals surface area contributed by atoms with Crippen molar-refractivity contribution in [1.82, 2.24) is 4.98 Å². The highest BCUT2D eigenvalue weighted by atomic mass is 35.5. The van der Waals surface area contributed by atoms with E-state index < -0.39 is 0 Å². The van der Waals surface area contributed by atoms with Gasteiger partial charge >= 0.3 is 0 Å². The molecule has 2 aliphatic rings. The number of hydrogen-bond donors (Lipinski definition) is 1. The summed E-state index contributed by atoms with van der Waals surface area (Å²) in [6, 6.07) is 3.79. The molecule has 0 aliphatic carbocycles. The van der Waals surface area contributed by atoms with Crippen molar-refractivity contribution >= 4 is 29.0 Å². The van der Waals surface area contributed by atoms with E-state index in [2.05, 4.69) is 10.3 Å². The van der Waals surface area contributed by atoms with E-state index in [0.717, 1.165) is 37.6 Å². The average Bonchev–Trinajstić information content (AvgIpc) is 2.39. The Bertz CT molecular complexity index is 474. The van der Waals surface area contributed by atoms with Crippen LogP contribution >= 0.6 is 11.6 Å². The lowest BCUT2D eigenvalue weighted by molar-refractivity contribution is -0.115. The standard InChI is InChI=1S/C12H14ClN3O2/c13-10-2-1-9-12(15-10)16(7-11(17)14-9)8-3-5-18-6-4-8/h1-2,8H,3-7H2,(H,14,17). The number of pyridine rings is 1. The van der Waals surface area contributed by atoms with Crippen LogP contribution in [-0.4, -0.2) is 36.7 Å². The molecule has 0 saturated carbocycles. The maximum Gasteiger partial charge on any atom is 0.244 e. The maximum atomic E-state index is 11.7. The van der Waals surface area contributed by atoms with E-state index in [1.807, 2.05) is 4.90 Å². The Hall–Kier alpha value is -1.33. The molecule has 1 aromatic heterocycles. The summed E-state index contributed by atoms with van der Waals surface area (Å²) in [6.45, 7) is 1.81. The summed E-state index contributed by atoms with van der Waals surface area (Å²) in [5, 5.41) is 3.27. The highest BCUT2D eigenvalue weighted by Gasteiger charge is 2.30. The van der Waals surface area contributed by atoms with Crippen LogP contribution < -0.4 is 10.2 Å². The molecule has 96 valence electrons. The van der Waals surface area contributed by atoms with E-state index in [-0.39, 0.29) is 5.91 Å². The zero-order valence-corrected chi connectivity index (χ0v) is 10.6. The van der Waals surface area contributed by atoms with Crippen LogP contribution in [-0.2, 0) is 9.53 Å².